The molecule has 2 N–H and O–H groups in total. The average Bonchev–Trinajstić information content (AvgIpc) is 2.05. The average molecular weight is 134 g/mol. The van der Waals surface area contributed by atoms with Crippen molar-refractivity contribution in [2.24, 2.45) is 0 Å². The number of nitrogens with one attached hydrogen (secondary N) is 2. The molecule has 1 rings (SSSR count). The molecule has 3 heteroatoms. The monoisotopic (exact) mass is 134 g/mol. The third-order valence-electron chi connectivity index (χ3n) is 1.16. The van der Waals surface area contributed by atoms with Crippen molar-refractivity contribution in [1.29, 1.82) is 0 Å². The Balaban J connectivity index is 2.68. The predicted octanol–water partition coefficient (Wildman–Crippen LogP) is 2.76. The summed E-state index contributed by atoms with van der Waals surface area (Å²) >= 11 is 0. The van der Waals surface area contributed by atoms with Crippen LogP contribution in [0.25, 0.3) is 16.8 Å². The van der Waals surface area contributed by atoms with Crippen LogP contribution >= 0.6 is 0 Å². The van der Waals surface area contributed by atoms with Crippen molar-refractivity contribution in [1.82, 2.24) is 0 Å². The van der Waals surface area contributed by atoms with Crippen molar-refractivity contribution in [2.45, 2.75) is 0 Å². The first kappa shape index (κ1) is 6.89. The molecule has 0 atom stereocenters. The number of hydrogen-bond acceptors (Lipinski definition) is 0. The van der Waals surface area contributed by atoms with Gasteiger partial charge in [0.05, 0.1) is 0 Å². The zero-order valence-electron chi connectivity index (χ0n) is 5.46. The lowest BCUT2D eigenvalue weighted by molar-refractivity contribution is 1.32. The Bertz CT molecular complexity index is 201. The van der Waals surface area contributed by atoms with Crippen LogP contribution in [0.15, 0.2) is 35.8 Å². The highest BCUT2D eigenvalue weighted by Gasteiger charge is 1.80. The van der Waals surface area contributed by atoms with Crippen LogP contribution in [-0.4, -0.2) is 6.54 Å². The van der Waals surface area contributed by atoms with E-state index in [9.17, 15) is 0 Å². The van der Waals surface area contributed by atoms with Crippen LogP contribution in [0.4, 0.5) is 0 Å². The van der Waals surface area contributed by atoms with Crippen LogP contribution in [0.3, 0.4) is 0 Å². The van der Waals surface area contributed by atoms with Crippen LogP contribution in [0.2, 0.25) is 0 Å². The topological polar surface area (TPSA) is 61.7 Å². The van der Waals surface area contributed by atoms with Gasteiger partial charge in [0.25, 0.3) is 0 Å². The molecule has 0 amide bonds. The second-order valence-electron chi connectivity index (χ2n) is 1.87. The molecule has 0 fully saturated rings. The van der Waals surface area contributed by atoms with Crippen molar-refractivity contribution >= 4 is 0 Å². The number of hydrogen-bond donors (Lipinski definition) is 0. The first-order chi connectivity index (χ1) is 4.86. The second kappa shape index (κ2) is 3.08. The van der Waals surface area contributed by atoms with Gasteiger partial charge >= 0.3 is 0 Å². The van der Waals surface area contributed by atoms with Gasteiger partial charge in [0.2, 0.25) is 0 Å². The molecule has 0 unspecified atom stereocenters. The highest BCUT2D eigenvalue weighted by molar-refractivity contribution is 5.47. The number of allylic oxidation sites excluding steroid dienone is 3. The summed E-state index contributed by atoms with van der Waals surface area (Å²) in [4.78, 5) is 0. The van der Waals surface area contributed by atoms with Gasteiger partial charge in [-0.1, -0.05) is 18.2 Å². The van der Waals surface area contributed by atoms with Gasteiger partial charge in [-0.3, -0.25) is 0 Å². The van der Waals surface area contributed by atoms with Crippen LogP contribution in [0.1, 0.15) is 0 Å². The van der Waals surface area contributed by atoms with E-state index >= 15 is 0 Å². The summed E-state index contributed by atoms with van der Waals surface area (Å²) < 4.78 is 0. The highest BCUT2D eigenvalue weighted by Crippen LogP contribution is 2.20. The highest BCUT2D eigenvalue weighted by atomic mass is 14.9. The van der Waals surface area contributed by atoms with Crippen molar-refractivity contribution < 1.29 is 0 Å². The maximum atomic E-state index is 6.98. The van der Waals surface area contributed by atoms with E-state index in [1.165, 1.54) is 6.20 Å². The third-order valence-corrected chi connectivity index (χ3v) is 1.16. The lowest BCUT2D eigenvalue weighted by atomic mass is 10.2. The Labute approximate surface area is 60.1 Å². The Morgan fingerprint density at radius 3 is 3.00 bits per heavy atom. The lowest BCUT2D eigenvalue weighted by Gasteiger charge is -2.32. The van der Waals surface area contributed by atoms with E-state index in [2.05, 4.69) is 5.32 Å². The summed E-state index contributed by atoms with van der Waals surface area (Å²) in [6.45, 7) is 0.182. The molecule has 0 aliphatic carbocycles. The molecular formula is C7H8N3-3. The maximum Gasteiger partial charge on any atom is -0.0651 e. The van der Waals surface area contributed by atoms with Crippen molar-refractivity contribution in [3.05, 3.63) is 52.6 Å². The fourth-order valence-electron chi connectivity index (χ4n) is 0.677. The molecule has 1 aliphatic heterocycles. The Morgan fingerprint density at radius 2 is 2.40 bits per heavy atom. The normalized spacial score (nSPS) is 20.5. The van der Waals surface area contributed by atoms with E-state index in [1.54, 1.807) is 18.2 Å². The first-order valence-electron chi connectivity index (χ1n) is 2.98. The van der Waals surface area contributed by atoms with E-state index in [0.717, 1.165) is 0 Å². The van der Waals surface area contributed by atoms with E-state index in [0.29, 0.717) is 11.4 Å². The van der Waals surface area contributed by atoms with E-state index in [-0.39, 0.29) is 6.54 Å². The van der Waals surface area contributed by atoms with Crippen LogP contribution < -0.4 is 0 Å². The standard InChI is InChI=1S/C7H8N3/c8-4-6-2-1-3-7(5-9)10-6/h1-4,8-9H,5H2/q-3/b6-4-. The minimum absolute atomic E-state index is 0.182. The second-order valence-corrected chi connectivity index (χ2v) is 1.87. The summed E-state index contributed by atoms with van der Waals surface area (Å²) in [6.07, 6.45) is 6.50. The molecule has 10 heavy (non-hydrogen) atoms. The molecule has 1 heterocycles. The Kier molecular flexibility index (Phi) is 2.12. The van der Waals surface area contributed by atoms with Gasteiger partial charge in [-0.15, -0.1) is 6.54 Å². The van der Waals surface area contributed by atoms with Crippen LogP contribution in [0.5, 0.6) is 0 Å². The smallest absolute Gasteiger partial charge is 0.0651 e. The quantitative estimate of drug-likeness (QED) is 0.529. The number of rotatable bonds is 1. The molecule has 0 saturated heterocycles. The zero-order valence-corrected chi connectivity index (χ0v) is 5.46. The van der Waals surface area contributed by atoms with Crippen molar-refractivity contribution in [2.75, 3.05) is 6.54 Å². The number of nitrogens with zero attached hydrogens (tertiary/aromatic N) is 1. The van der Waals surface area contributed by atoms with Gasteiger partial charge in [0.1, 0.15) is 0 Å². The van der Waals surface area contributed by atoms with Crippen LogP contribution in [0, 0.1) is 0 Å². The molecule has 3 nitrogen and oxygen atoms in total. The first-order valence-corrected chi connectivity index (χ1v) is 2.98. The molecule has 0 saturated carbocycles. The summed E-state index contributed by atoms with van der Waals surface area (Å²) in [5.74, 6) is 0. The van der Waals surface area contributed by atoms with Gasteiger partial charge in [-0.2, -0.15) is 17.6 Å². The fourth-order valence-corrected chi connectivity index (χ4v) is 0.677. The maximum absolute atomic E-state index is 6.98. The molecular weight excluding hydrogens is 126 g/mol. The summed E-state index contributed by atoms with van der Waals surface area (Å²) in [6, 6.07) is 0. The molecule has 0 radical (unpaired) electrons. The molecule has 0 spiro atoms. The Hall–Kier alpha value is -1.22. The minimum Gasteiger partial charge on any atom is -0.706 e. The van der Waals surface area contributed by atoms with Crippen LogP contribution in [-0.2, 0) is 0 Å². The van der Waals surface area contributed by atoms with Gasteiger partial charge in [0, 0.05) is 0 Å². The van der Waals surface area contributed by atoms with Gasteiger partial charge in [-0.05, 0) is 0 Å². The molecule has 54 valence electrons. The van der Waals surface area contributed by atoms with Crippen molar-refractivity contribution in [3.8, 4) is 0 Å². The van der Waals surface area contributed by atoms with Gasteiger partial charge in [-0.25, -0.2) is 0 Å². The largest absolute Gasteiger partial charge is 0.706 e. The molecule has 0 bridgehead atoms. The summed E-state index contributed by atoms with van der Waals surface area (Å²) in [5, 5.41) is 3.98. The van der Waals surface area contributed by atoms with E-state index in [1.807, 2.05) is 0 Å². The Morgan fingerprint density at radius 1 is 1.60 bits per heavy atom. The molecule has 0 aromatic heterocycles. The minimum atomic E-state index is 0.182. The lowest BCUT2D eigenvalue weighted by Crippen LogP contribution is -1.89. The molecule has 0 aromatic carbocycles. The SMILES string of the molecule is [NH-]/C=C1/C=CC=C(C[NH-])[N-]1. The summed E-state index contributed by atoms with van der Waals surface area (Å²) in [5.41, 5.74) is 15.2. The van der Waals surface area contributed by atoms with Gasteiger partial charge in [0.15, 0.2) is 0 Å². The van der Waals surface area contributed by atoms with Gasteiger partial charge < -0.3 is 16.8 Å². The summed E-state index contributed by atoms with van der Waals surface area (Å²) in [7, 11) is 0. The fraction of sp³-hybridized carbons (Fsp3) is 0.143. The van der Waals surface area contributed by atoms with E-state index in [4.69, 9.17) is 11.5 Å². The molecule has 0 aromatic rings. The molecule has 1 aliphatic rings. The predicted molar refractivity (Wildman–Crippen MR) is 42.2 cm³/mol. The van der Waals surface area contributed by atoms with E-state index < -0.39 is 0 Å². The van der Waals surface area contributed by atoms with Crippen molar-refractivity contribution in [3.63, 3.8) is 0 Å². The zero-order chi connectivity index (χ0) is 7.40. The third kappa shape index (κ3) is 1.39.